The summed E-state index contributed by atoms with van der Waals surface area (Å²) < 4.78 is 19.6. The van der Waals surface area contributed by atoms with Gasteiger partial charge in [0, 0.05) is 15.0 Å². The third kappa shape index (κ3) is 4.89. The van der Waals surface area contributed by atoms with Gasteiger partial charge in [-0.3, -0.25) is 4.79 Å². The van der Waals surface area contributed by atoms with E-state index in [1.54, 1.807) is 0 Å². The highest BCUT2D eigenvalue weighted by Gasteiger charge is 2.24. The van der Waals surface area contributed by atoms with Crippen LogP contribution in [0.3, 0.4) is 0 Å². The lowest BCUT2D eigenvalue weighted by Crippen LogP contribution is -2.34. The lowest BCUT2D eigenvalue weighted by molar-refractivity contribution is -0.150. The Labute approximate surface area is 214 Å². The zero-order valence-corrected chi connectivity index (χ0v) is 21.4. The summed E-state index contributed by atoms with van der Waals surface area (Å²) in [4.78, 5) is 26.5. The number of carbonyl (C=O) groups is 1. The molecule has 1 fully saturated rings. The third-order valence-corrected chi connectivity index (χ3v) is 8.25. The molecule has 0 radical (unpaired) electrons. The molecule has 10 nitrogen and oxygen atoms in total. The first kappa shape index (κ1) is 23.4. The standard InChI is InChI=1S/C22H25IN6O4S/c23-13-8-15-16(32-11-31-15)9-17(13)34-22-28-18-19(25)26-10-27-20(18)29(22)7-3-6-14(24)21(30)33-12-4-1-2-5-12/h8-10,12,14H,1-7,11,24H2,(H2,25,26,27)/t14-/m1/s1. The molecule has 0 unspecified atom stereocenters. The highest BCUT2D eigenvalue weighted by molar-refractivity contribution is 14.1. The predicted molar refractivity (Wildman–Crippen MR) is 135 cm³/mol. The molecule has 0 spiro atoms. The Morgan fingerprint density at radius 2 is 2.03 bits per heavy atom. The second-order valence-electron chi connectivity index (χ2n) is 8.31. The summed E-state index contributed by atoms with van der Waals surface area (Å²) >= 11 is 3.76. The maximum Gasteiger partial charge on any atom is 0.323 e. The van der Waals surface area contributed by atoms with Crippen molar-refractivity contribution in [2.45, 2.75) is 67.3 Å². The van der Waals surface area contributed by atoms with E-state index in [0.29, 0.717) is 42.1 Å². The predicted octanol–water partition coefficient (Wildman–Crippen LogP) is 3.49. The Hall–Kier alpha value is -2.32. The van der Waals surface area contributed by atoms with Gasteiger partial charge < -0.3 is 30.2 Å². The summed E-state index contributed by atoms with van der Waals surface area (Å²) in [5, 5.41) is 0.723. The Morgan fingerprint density at radius 3 is 2.82 bits per heavy atom. The molecule has 12 heteroatoms. The topological polar surface area (TPSA) is 140 Å². The highest BCUT2D eigenvalue weighted by Crippen LogP contribution is 2.41. The van der Waals surface area contributed by atoms with Crippen LogP contribution in [0.5, 0.6) is 11.5 Å². The maximum atomic E-state index is 12.4. The molecular formula is C22H25IN6O4S. The van der Waals surface area contributed by atoms with Crippen molar-refractivity contribution in [3.05, 3.63) is 22.0 Å². The van der Waals surface area contributed by atoms with Crippen LogP contribution in [0.2, 0.25) is 0 Å². The van der Waals surface area contributed by atoms with E-state index in [2.05, 4.69) is 32.6 Å². The number of nitrogens with two attached hydrogens (primary N) is 2. The maximum absolute atomic E-state index is 12.4. The molecule has 4 N–H and O–H groups in total. The molecule has 1 aliphatic carbocycles. The first-order chi connectivity index (χ1) is 16.5. The molecule has 1 atom stereocenters. The Balaban J connectivity index is 1.33. The van der Waals surface area contributed by atoms with Gasteiger partial charge in [-0.15, -0.1) is 0 Å². The lowest BCUT2D eigenvalue weighted by atomic mass is 10.1. The van der Waals surface area contributed by atoms with Crippen LogP contribution >= 0.6 is 34.4 Å². The Kier molecular flexibility index (Phi) is 6.97. The molecule has 5 rings (SSSR count). The van der Waals surface area contributed by atoms with E-state index in [1.807, 2.05) is 16.7 Å². The van der Waals surface area contributed by atoms with E-state index in [0.717, 1.165) is 45.1 Å². The second kappa shape index (κ2) is 10.1. The van der Waals surface area contributed by atoms with Gasteiger partial charge in [0.05, 0.1) is 0 Å². The summed E-state index contributed by atoms with van der Waals surface area (Å²) in [6.45, 7) is 0.786. The number of hydrogen-bond acceptors (Lipinski definition) is 10. The van der Waals surface area contributed by atoms with Crippen molar-refractivity contribution in [3.8, 4) is 11.5 Å². The van der Waals surface area contributed by atoms with Crippen molar-refractivity contribution >= 4 is 57.3 Å². The average molecular weight is 596 g/mol. The van der Waals surface area contributed by atoms with Gasteiger partial charge in [0.15, 0.2) is 33.6 Å². The number of aromatic nitrogens is 4. The molecule has 3 heterocycles. The van der Waals surface area contributed by atoms with E-state index in [4.69, 9.17) is 30.7 Å². The van der Waals surface area contributed by atoms with Gasteiger partial charge in [0.25, 0.3) is 0 Å². The van der Waals surface area contributed by atoms with Crippen LogP contribution in [-0.4, -0.2) is 44.4 Å². The van der Waals surface area contributed by atoms with Crippen LogP contribution in [-0.2, 0) is 16.1 Å². The number of carbonyl (C=O) groups excluding carboxylic acids is 1. The van der Waals surface area contributed by atoms with Crippen LogP contribution in [0.15, 0.2) is 28.5 Å². The van der Waals surface area contributed by atoms with Gasteiger partial charge in [-0.2, -0.15) is 0 Å². The van der Waals surface area contributed by atoms with Crippen molar-refractivity contribution in [2.24, 2.45) is 5.73 Å². The zero-order valence-electron chi connectivity index (χ0n) is 18.4. The first-order valence-electron chi connectivity index (χ1n) is 11.2. The minimum absolute atomic E-state index is 0.0167. The fourth-order valence-corrected chi connectivity index (χ4v) is 5.85. The second-order valence-corrected chi connectivity index (χ2v) is 10.5. The number of rotatable bonds is 8. The van der Waals surface area contributed by atoms with Crippen molar-refractivity contribution in [3.63, 3.8) is 0 Å². The van der Waals surface area contributed by atoms with Crippen molar-refractivity contribution in [1.82, 2.24) is 19.5 Å². The number of nitrogen functional groups attached to an aromatic ring is 1. The Morgan fingerprint density at radius 1 is 1.26 bits per heavy atom. The van der Waals surface area contributed by atoms with Crippen LogP contribution in [0, 0.1) is 3.57 Å². The van der Waals surface area contributed by atoms with E-state index >= 15 is 0 Å². The number of imidazole rings is 1. The highest BCUT2D eigenvalue weighted by atomic mass is 127. The summed E-state index contributed by atoms with van der Waals surface area (Å²) in [5.74, 6) is 1.44. The number of esters is 1. The van der Waals surface area contributed by atoms with Crippen LogP contribution in [0.4, 0.5) is 5.82 Å². The minimum atomic E-state index is -0.652. The van der Waals surface area contributed by atoms with Gasteiger partial charge in [0.1, 0.15) is 18.5 Å². The number of hydrogen-bond donors (Lipinski definition) is 2. The van der Waals surface area contributed by atoms with E-state index in [9.17, 15) is 4.79 Å². The average Bonchev–Trinajstić information content (AvgIpc) is 3.56. The molecule has 34 heavy (non-hydrogen) atoms. The molecule has 180 valence electrons. The molecule has 1 aromatic carbocycles. The normalized spacial score (nSPS) is 16.3. The van der Waals surface area contributed by atoms with Gasteiger partial charge in [-0.25, -0.2) is 15.0 Å². The lowest BCUT2D eigenvalue weighted by Gasteiger charge is -2.16. The zero-order chi connectivity index (χ0) is 23.7. The summed E-state index contributed by atoms with van der Waals surface area (Å²) in [7, 11) is 0. The number of aryl methyl sites for hydroxylation is 1. The van der Waals surface area contributed by atoms with Gasteiger partial charge in [0.2, 0.25) is 6.79 Å². The number of ether oxygens (including phenoxy) is 3. The molecule has 0 saturated heterocycles. The summed E-state index contributed by atoms with van der Waals surface area (Å²) in [6, 6.07) is 3.24. The molecule has 2 aliphatic rings. The molecule has 2 aromatic heterocycles. The van der Waals surface area contributed by atoms with Crippen molar-refractivity contribution in [2.75, 3.05) is 12.5 Å². The van der Waals surface area contributed by atoms with Crippen molar-refractivity contribution in [1.29, 1.82) is 0 Å². The Bertz CT molecular complexity index is 1220. The number of fused-ring (bicyclic) bond motifs is 2. The molecule has 1 saturated carbocycles. The molecular weight excluding hydrogens is 571 g/mol. The number of benzene rings is 1. The van der Waals surface area contributed by atoms with Crippen LogP contribution < -0.4 is 20.9 Å². The SMILES string of the molecule is Nc1ncnc2c1nc(Sc1cc3c(cc1I)OCO3)n2CCC[C@@H](N)C(=O)OC1CCCC1. The molecule has 1 aliphatic heterocycles. The van der Waals surface area contributed by atoms with E-state index < -0.39 is 6.04 Å². The van der Waals surface area contributed by atoms with Gasteiger partial charge in [-0.1, -0.05) is 11.8 Å². The number of nitrogens with zero attached hydrogens (tertiary/aromatic N) is 4. The van der Waals surface area contributed by atoms with Crippen LogP contribution in [0.1, 0.15) is 38.5 Å². The summed E-state index contributed by atoms with van der Waals surface area (Å²) in [5.41, 5.74) is 13.4. The largest absolute Gasteiger partial charge is 0.461 e. The fraction of sp³-hybridized carbons (Fsp3) is 0.455. The molecule has 0 bridgehead atoms. The van der Waals surface area contributed by atoms with Crippen molar-refractivity contribution < 1.29 is 19.0 Å². The smallest absolute Gasteiger partial charge is 0.323 e. The van der Waals surface area contributed by atoms with E-state index in [1.165, 1.54) is 18.1 Å². The third-order valence-electron chi connectivity index (χ3n) is 5.94. The van der Waals surface area contributed by atoms with E-state index in [-0.39, 0.29) is 18.9 Å². The van der Waals surface area contributed by atoms with Gasteiger partial charge in [-0.05, 0) is 73.2 Å². The quantitative estimate of drug-likeness (QED) is 0.293. The molecule has 0 amide bonds. The first-order valence-corrected chi connectivity index (χ1v) is 13.1. The summed E-state index contributed by atoms with van der Waals surface area (Å²) in [6.07, 6.45) is 6.67. The van der Waals surface area contributed by atoms with Crippen LogP contribution in [0.25, 0.3) is 11.2 Å². The minimum Gasteiger partial charge on any atom is -0.461 e. The monoisotopic (exact) mass is 596 g/mol. The van der Waals surface area contributed by atoms with Gasteiger partial charge >= 0.3 is 5.97 Å². The number of anilines is 1. The fourth-order valence-electron chi connectivity index (χ4n) is 4.13. The number of halogens is 1. The molecule has 3 aromatic rings.